The van der Waals surface area contributed by atoms with Gasteiger partial charge >= 0.3 is 19.7 Å². The van der Waals surface area contributed by atoms with Gasteiger partial charge in [-0.05, 0) is 48.2 Å². The third-order valence-corrected chi connectivity index (χ3v) is 9.90. The maximum absolute atomic E-state index is 14.3. The summed E-state index contributed by atoms with van der Waals surface area (Å²) in [4.78, 5) is 36.5. The maximum Gasteiger partial charge on any atom is 0.459 e. The smallest absolute Gasteiger partial charge is 0.459 e. The Morgan fingerprint density at radius 1 is 1.14 bits per heavy atom. The van der Waals surface area contributed by atoms with Crippen molar-refractivity contribution < 1.29 is 52.7 Å². The van der Waals surface area contributed by atoms with Gasteiger partial charge in [0.15, 0.2) is 17.4 Å². The molecule has 1 fully saturated rings. The second-order valence-electron chi connectivity index (χ2n) is 12.2. The summed E-state index contributed by atoms with van der Waals surface area (Å²) in [5, 5.41) is 36.3. The largest absolute Gasteiger partial charge is 0.480 e. The number of hydrogen-bond donors (Lipinski definition) is 5. The van der Waals surface area contributed by atoms with Crippen LogP contribution >= 0.6 is 7.75 Å². The molecule has 3 heterocycles. The van der Waals surface area contributed by atoms with Crippen molar-refractivity contribution in [3.05, 3.63) is 48.3 Å². The first kappa shape index (κ1) is 35.9. The molecular formula is C31H39N6O11P. The van der Waals surface area contributed by atoms with E-state index in [1.54, 1.807) is 45.0 Å². The molecule has 1 aliphatic rings. The highest BCUT2D eigenvalue weighted by Gasteiger charge is 2.54. The third-order valence-electron chi connectivity index (χ3n) is 8.36. The Balaban J connectivity index is 1.41. The van der Waals surface area contributed by atoms with Crippen LogP contribution in [0.3, 0.4) is 0 Å². The summed E-state index contributed by atoms with van der Waals surface area (Å²) in [7, 11) is -1.82. The first-order valence-corrected chi connectivity index (χ1v) is 16.8. The summed E-state index contributed by atoms with van der Waals surface area (Å²) >= 11 is 0. The molecule has 7 atom stereocenters. The van der Waals surface area contributed by atoms with Crippen molar-refractivity contribution in [1.29, 1.82) is 0 Å². The highest BCUT2D eigenvalue weighted by molar-refractivity contribution is 7.52. The number of ether oxygens (including phenoxy) is 3. The van der Waals surface area contributed by atoms with Gasteiger partial charge in [0.25, 0.3) is 0 Å². The third kappa shape index (κ3) is 7.18. The SMILES string of the molecule is COC(=O)C(C)c1ccc2cc(OP(=O)(NC(C(=O)O)C(C)C)OC[C@H]3OC(n4cnc5c(OC)nc(N)nc54)[C@](C)(O)[C@@H]3O)ccc2c1. The molecule has 0 saturated carbocycles. The van der Waals surface area contributed by atoms with Gasteiger partial charge in [0.05, 0.1) is 33.1 Å². The molecule has 18 heteroatoms. The Labute approximate surface area is 280 Å². The molecular weight excluding hydrogens is 663 g/mol. The number of hydrogen-bond acceptors (Lipinski definition) is 14. The lowest BCUT2D eigenvalue weighted by Gasteiger charge is -2.28. The molecule has 2 aromatic carbocycles. The van der Waals surface area contributed by atoms with Gasteiger partial charge in [0.2, 0.25) is 11.8 Å². The fraction of sp³-hybridized carbons (Fsp3) is 0.452. The number of carbonyl (C=O) groups excluding carboxylic acids is 1. The number of aliphatic hydroxyl groups is 2. The highest BCUT2D eigenvalue weighted by Crippen LogP contribution is 2.48. The number of esters is 1. The van der Waals surface area contributed by atoms with Crippen molar-refractivity contribution in [1.82, 2.24) is 24.6 Å². The minimum Gasteiger partial charge on any atom is -0.480 e. The van der Waals surface area contributed by atoms with Crippen LogP contribution in [0.4, 0.5) is 5.95 Å². The summed E-state index contributed by atoms with van der Waals surface area (Å²) in [5.41, 5.74) is 4.99. The number of nitrogens with one attached hydrogen (secondary N) is 1. The van der Waals surface area contributed by atoms with Gasteiger partial charge in [-0.15, -0.1) is 0 Å². The van der Waals surface area contributed by atoms with Crippen molar-refractivity contribution in [2.24, 2.45) is 5.92 Å². The van der Waals surface area contributed by atoms with Gasteiger partial charge in [0.1, 0.15) is 29.6 Å². The van der Waals surface area contributed by atoms with Gasteiger partial charge in [-0.3, -0.25) is 18.7 Å². The number of fused-ring (bicyclic) bond motifs is 2. The Bertz CT molecular complexity index is 1920. The first-order valence-electron chi connectivity index (χ1n) is 15.2. The number of aliphatic hydroxyl groups excluding tert-OH is 1. The van der Waals surface area contributed by atoms with E-state index in [2.05, 4.69) is 20.0 Å². The van der Waals surface area contributed by atoms with Crippen molar-refractivity contribution in [3.8, 4) is 11.6 Å². The highest BCUT2D eigenvalue weighted by atomic mass is 31.2. The van der Waals surface area contributed by atoms with E-state index >= 15 is 0 Å². The minimum absolute atomic E-state index is 0.0823. The lowest BCUT2D eigenvalue weighted by atomic mass is 9.96. The lowest BCUT2D eigenvalue weighted by molar-refractivity contribution is -0.142. The number of nitrogens with two attached hydrogens (primary N) is 1. The molecule has 0 spiro atoms. The zero-order valence-corrected chi connectivity index (χ0v) is 28.5. The molecule has 4 aromatic rings. The first-order chi connectivity index (χ1) is 23.1. The lowest BCUT2D eigenvalue weighted by Crippen LogP contribution is -2.45. The van der Waals surface area contributed by atoms with Crippen LogP contribution in [0.25, 0.3) is 21.9 Å². The molecule has 0 amide bonds. The normalized spacial score (nSPS) is 23.3. The van der Waals surface area contributed by atoms with Crippen LogP contribution in [-0.4, -0.2) is 91.5 Å². The van der Waals surface area contributed by atoms with Crippen molar-refractivity contribution in [3.63, 3.8) is 0 Å². The molecule has 2 aromatic heterocycles. The number of methoxy groups -OCH3 is 2. The molecule has 1 aliphatic heterocycles. The van der Waals surface area contributed by atoms with E-state index in [0.29, 0.717) is 5.39 Å². The predicted octanol–water partition coefficient (Wildman–Crippen LogP) is 2.76. The van der Waals surface area contributed by atoms with Crippen LogP contribution in [0.5, 0.6) is 11.6 Å². The van der Waals surface area contributed by atoms with Gasteiger partial charge in [0, 0.05) is 0 Å². The van der Waals surface area contributed by atoms with Crippen LogP contribution < -0.4 is 20.1 Å². The van der Waals surface area contributed by atoms with Crippen LogP contribution in [0.15, 0.2) is 42.7 Å². The minimum atomic E-state index is -4.52. The average Bonchev–Trinajstić information content (AvgIpc) is 3.57. The standard InChI is InChI=1S/C31H39N6O11P/c1-15(2)22(27(39)40)36-49(43,48-20-10-9-18-11-17(7-8-19(18)12-20)16(3)28(41)45-6)46-13-21-24(38)31(4,42)29(47-21)37-14-33-23-25(37)34-30(32)35-26(23)44-5/h7-12,14-16,21-22,24,29,38,42H,13H2,1-6H3,(H,36,43)(H,39,40)(H2,32,34,35)/t16?,21-,22?,24-,29?,31-,49?/m1/s1. The molecule has 1 saturated heterocycles. The van der Waals surface area contributed by atoms with E-state index in [4.69, 9.17) is 29.0 Å². The monoisotopic (exact) mass is 702 g/mol. The van der Waals surface area contributed by atoms with Crippen LogP contribution in [-0.2, 0) is 28.2 Å². The summed E-state index contributed by atoms with van der Waals surface area (Å²) in [6, 6.07) is 8.76. The van der Waals surface area contributed by atoms with Crippen LogP contribution in [0, 0.1) is 5.92 Å². The fourth-order valence-corrected chi connectivity index (χ4v) is 7.20. The van der Waals surface area contributed by atoms with Crippen molar-refractivity contribution in [2.75, 3.05) is 26.6 Å². The second-order valence-corrected chi connectivity index (χ2v) is 13.9. The zero-order chi connectivity index (χ0) is 35.8. The topological polar surface area (TPSA) is 240 Å². The Kier molecular flexibility index (Phi) is 10.2. The molecule has 17 nitrogen and oxygen atoms in total. The van der Waals surface area contributed by atoms with E-state index in [1.165, 1.54) is 38.1 Å². The number of nitrogen functional groups attached to an aromatic ring is 1. The van der Waals surface area contributed by atoms with Crippen LogP contribution in [0.2, 0.25) is 0 Å². The van der Waals surface area contributed by atoms with E-state index in [0.717, 1.165) is 10.9 Å². The van der Waals surface area contributed by atoms with Gasteiger partial charge < -0.3 is 39.8 Å². The molecule has 5 rings (SSSR count). The van der Waals surface area contributed by atoms with Crippen molar-refractivity contribution >= 4 is 47.6 Å². The number of benzene rings is 2. The molecule has 0 radical (unpaired) electrons. The average molecular weight is 703 g/mol. The number of carboxylic acid groups (broad SMARTS) is 1. The van der Waals surface area contributed by atoms with E-state index in [9.17, 15) is 29.5 Å². The molecule has 4 unspecified atom stereocenters. The second kappa shape index (κ2) is 13.9. The molecule has 6 N–H and O–H groups in total. The van der Waals surface area contributed by atoms with Gasteiger partial charge in [-0.2, -0.15) is 15.1 Å². The molecule has 264 valence electrons. The quantitative estimate of drug-likeness (QED) is 0.0994. The Morgan fingerprint density at radius 2 is 1.84 bits per heavy atom. The number of aliphatic carboxylic acids is 1. The number of rotatable bonds is 13. The van der Waals surface area contributed by atoms with Crippen LogP contribution in [0.1, 0.15) is 45.4 Å². The number of imidazole rings is 1. The summed E-state index contributed by atoms with van der Waals surface area (Å²) in [6.45, 7) is 5.69. The summed E-state index contributed by atoms with van der Waals surface area (Å²) in [5.74, 6) is -2.67. The molecule has 0 bridgehead atoms. The molecule has 49 heavy (non-hydrogen) atoms. The number of aromatic nitrogens is 4. The zero-order valence-electron chi connectivity index (χ0n) is 27.6. The summed E-state index contributed by atoms with van der Waals surface area (Å²) in [6.07, 6.45) is -2.84. The van der Waals surface area contributed by atoms with Gasteiger partial charge in [-0.1, -0.05) is 38.1 Å². The maximum atomic E-state index is 14.3. The van der Waals surface area contributed by atoms with E-state index in [-0.39, 0.29) is 34.7 Å². The van der Waals surface area contributed by atoms with E-state index in [1.807, 2.05) is 6.07 Å². The number of carboxylic acids is 1. The number of nitrogens with zero attached hydrogens (tertiary/aromatic N) is 4. The fourth-order valence-electron chi connectivity index (χ4n) is 5.54. The van der Waals surface area contributed by atoms with E-state index < -0.39 is 62.2 Å². The molecule has 0 aliphatic carbocycles. The number of anilines is 1. The van der Waals surface area contributed by atoms with Gasteiger partial charge in [-0.25, -0.2) is 9.55 Å². The summed E-state index contributed by atoms with van der Waals surface area (Å²) < 4.78 is 43.3. The number of carbonyl (C=O) groups is 2. The Morgan fingerprint density at radius 3 is 2.49 bits per heavy atom. The van der Waals surface area contributed by atoms with Crippen molar-refractivity contribution in [2.45, 2.75) is 63.7 Å². The Hall–Kier alpha value is -4.38. The predicted molar refractivity (Wildman–Crippen MR) is 175 cm³/mol.